The van der Waals surface area contributed by atoms with Gasteiger partial charge in [-0.3, -0.25) is 9.39 Å². The Hall–Kier alpha value is -3.09. The molecule has 0 radical (unpaired) electrons. The maximum atomic E-state index is 6.13. The molecule has 0 aliphatic carbocycles. The van der Waals surface area contributed by atoms with Crippen molar-refractivity contribution in [1.82, 2.24) is 25.2 Å². The average Bonchev–Trinajstić information content (AvgIpc) is 3.08. The maximum Gasteiger partial charge on any atom is 0.191 e. The first-order valence-electron chi connectivity index (χ1n) is 9.87. The van der Waals surface area contributed by atoms with Crippen LogP contribution in [0.15, 0.2) is 47.6 Å². The van der Waals surface area contributed by atoms with Gasteiger partial charge >= 0.3 is 0 Å². The minimum Gasteiger partial charge on any atom is -0.488 e. The molecule has 0 amide bonds. The lowest BCUT2D eigenvalue weighted by Crippen LogP contribution is -2.38. The number of hydrogen-bond acceptors (Lipinski definition) is 4. The second kappa shape index (κ2) is 8.94. The van der Waals surface area contributed by atoms with E-state index in [-0.39, 0.29) is 5.60 Å². The van der Waals surface area contributed by atoms with E-state index in [2.05, 4.69) is 71.7 Å². The Kier molecular flexibility index (Phi) is 6.36. The molecule has 0 aliphatic rings. The SMILES string of the molecule is CN=C(NCCc1nnc2ccccn12)NCc1ccc(C)cc1OC(C)(C)C. The fraction of sp³-hybridized carbons (Fsp3) is 0.409. The van der Waals surface area contributed by atoms with Crippen LogP contribution in [0.4, 0.5) is 0 Å². The lowest BCUT2D eigenvalue weighted by Gasteiger charge is -2.24. The van der Waals surface area contributed by atoms with Crippen LogP contribution in [0.3, 0.4) is 0 Å². The van der Waals surface area contributed by atoms with Gasteiger partial charge in [-0.25, -0.2) is 0 Å². The Bertz CT molecular complexity index is 986. The zero-order chi connectivity index (χ0) is 20.9. The number of rotatable bonds is 6. The number of aryl methyl sites for hydroxylation is 1. The number of pyridine rings is 1. The Morgan fingerprint density at radius 1 is 1.14 bits per heavy atom. The van der Waals surface area contributed by atoms with Gasteiger partial charge in [-0.2, -0.15) is 0 Å². The van der Waals surface area contributed by atoms with E-state index >= 15 is 0 Å². The van der Waals surface area contributed by atoms with Gasteiger partial charge in [0.25, 0.3) is 0 Å². The average molecular weight is 395 g/mol. The molecule has 154 valence electrons. The molecule has 7 nitrogen and oxygen atoms in total. The number of nitrogens with zero attached hydrogens (tertiary/aromatic N) is 4. The summed E-state index contributed by atoms with van der Waals surface area (Å²) in [7, 11) is 1.77. The Labute approximate surface area is 172 Å². The van der Waals surface area contributed by atoms with Crippen molar-refractivity contribution in [2.45, 2.75) is 46.3 Å². The smallest absolute Gasteiger partial charge is 0.191 e. The van der Waals surface area contributed by atoms with Gasteiger partial charge in [-0.05, 0) is 51.5 Å². The molecule has 2 heterocycles. The lowest BCUT2D eigenvalue weighted by molar-refractivity contribution is 0.129. The normalized spacial score (nSPS) is 12.2. The van der Waals surface area contributed by atoms with Crippen LogP contribution in [-0.2, 0) is 13.0 Å². The lowest BCUT2D eigenvalue weighted by atomic mass is 10.1. The summed E-state index contributed by atoms with van der Waals surface area (Å²) in [5, 5.41) is 15.1. The molecule has 2 N–H and O–H groups in total. The van der Waals surface area contributed by atoms with Gasteiger partial charge in [-0.1, -0.05) is 18.2 Å². The second-order valence-electron chi connectivity index (χ2n) is 7.97. The number of hydrogen-bond donors (Lipinski definition) is 2. The first-order chi connectivity index (χ1) is 13.9. The second-order valence-corrected chi connectivity index (χ2v) is 7.97. The van der Waals surface area contributed by atoms with Crippen molar-refractivity contribution in [1.29, 1.82) is 0 Å². The highest BCUT2D eigenvalue weighted by Gasteiger charge is 2.15. The fourth-order valence-corrected chi connectivity index (χ4v) is 2.99. The zero-order valence-electron chi connectivity index (χ0n) is 17.9. The van der Waals surface area contributed by atoms with Crippen LogP contribution >= 0.6 is 0 Å². The summed E-state index contributed by atoms with van der Waals surface area (Å²) in [5.74, 6) is 2.56. The summed E-state index contributed by atoms with van der Waals surface area (Å²) in [6.07, 6.45) is 2.72. The highest BCUT2D eigenvalue weighted by molar-refractivity contribution is 5.79. The van der Waals surface area contributed by atoms with Crippen molar-refractivity contribution in [3.63, 3.8) is 0 Å². The number of aromatic nitrogens is 3. The zero-order valence-corrected chi connectivity index (χ0v) is 17.9. The molecule has 3 aromatic rings. The maximum absolute atomic E-state index is 6.13. The van der Waals surface area contributed by atoms with Gasteiger partial charge in [0, 0.05) is 38.3 Å². The van der Waals surface area contributed by atoms with Crippen LogP contribution in [0, 0.1) is 6.92 Å². The van der Waals surface area contributed by atoms with Crippen LogP contribution in [-0.4, -0.2) is 39.8 Å². The van der Waals surface area contributed by atoms with E-state index in [1.807, 2.05) is 28.8 Å². The molecule has 0 aliphatic heterocycles. The van der Waals surface area contributed by atoms with Gasteiger partial charge in [-0.15, -0.1) is 10.2 Å². The van der Waals surface area contributed by atoms with Crippen molar-refractivity contribution in [2.75, 3.05) is 13.6 Å². The molecular weight excluding hydrogens is 364 g/mol. The molecular formula is C22H30N6O. The molecule has 0 bridgehead atoms. The monoisotopic (exact) mass is 394 g/mol. The van der Waals surface area contributed by atoms with Gasteiger partial charge < -0.3 is 15.4 Å². The molecule has 29 heavy (non-hydrogen) atoms. The van der Waals surface area contributed by atoms with E-state index in [1.165, 1.54) is 5.56 Å². The third-order valence-electron chi connectivity index (χ3n) is 4.33. The number of ether oxygens (including phenoxy) is 1. The van der Waals surface area contributed by atoms with E-state index in [1.54, 1.807) is 7.05 Å². The molecule has 2 aromatic heterocycles. The number of aliphatic imine (C=N–C) groups is 1. The summed E-state index contributed by atoms with van der Waals surface area (Å²) < 4.78 is 8.13. The van der Waals surface area contributed by atoms with Crippen molar-refractivity contribution >= 4 is 11.6 Å². The van der Waals surface area contributed by atoms with Crippen LogP contribution < -0.4 is 15.4 Å². The van der Waals surface area contributed by atoms with E-state index in [0.717, 1.165) is 35.2 Å². The molecule has 0 unspecified atom stereocenters. The van der Waals surface area contributed by atoms with Crippen LogP contribution in [0.2, 0.25) is 0 Å². The number of fused-ring (bicyclic) bond motifs is 1. The standard InChI is InChI=1S/C22H30N6O/c1-16-9-10-17(18(14-16)29-22(2,3)4)15-25-21(23-5)24-12-11-20-27-26-19-8-6-7-13-28(19)20/h6-10,13-14H,11-12,15H2,1-5H3,(H2,23,24,25). The summed E-state index contributed by atoms with van der Waals surface area (Å²) in [5.41, 5.74) is 2.88. The van der Waals surface area contributed by atoms with Crippen LogP contribution in [0.1, 0.15) is 37.7 Å². The van der Waals surface area contributed by atoms with E-state index in [4.69, 9.17) is 4.74 Å². The van der Waals surface area contributed by atoms with Gasteiger partial charge in [0.2, 0.25) is 0 Å². The summed E-state index contributed by atoms with van der Waals surface area (Å²) in [6, 6.07) is 12.2. The molecule has 0 atom stereocenters. The quantitative estimate of drug-likeness (QED) is 0.496. The Morgan fingerprint density at radius 2 is 1.97 bits per heavy atom. The summed E-state index contributed by atoms with van der Waals surface area (Å²) >= 11 is 0. The molecule has 0 saturated carbocycles. The van der Waals surface area contributed by atoms with Crippen LogP contribution in [0.5, 0.6) is 5.75 Å². The minimum absolute atomic E-state index is 0.247. The van der Waals surface area contributed by atoms with Gasteiger partial charge in [0.1, 0.15) is 17.2 Å². The first kappa shape index (κ1) is 20.6. The van der Waals surface area contributed by atoms with Crippen molar-refractivity contribution < 1.29 is 4.74 Å². The fourth-order valence-electron chi connectivity index (χ4n) is 2.99. The topological polar surface area (TPSA) is 75.8 Å². The predicted octanol–water partition coefficient (Wildman–Crippen LogP) is 3.12. The molecule has 0 saturated heterocycles. The van der Waals surface area contributed by atoms with E-state index < -0.39 is 0 Å². The van der Waals surface area contributed by atoms with Crippen LogP contribution in [0.25, 0.3) is 5.65 Å². The third kappa shape index (κ3) is 5.70. The number of nitrogens with one attached hydrogen (secondary N) is 2. The summed E-state index contributed by atoms with van der Waals surface area (Å²) in [6.45, 7) is 9.57. The van der Waals surface area contributed by atoms with Crippen molar-refractivity contribution in [3.8, 4) is 5.75 Å². The highest BCUT2D eigenvalue weighted by Crippen LogP contribution is 2.24. The molecule has 1 aromatic carbocycles. The highest BCUT2D eigenvalue weighted by atomic mass is 16.5. The predicted molar refractivity (Wildman–Crippen MR) is 116 cm³/mol. The molecule has 7 heteroatoms. The first-order valence-corrected chi connectivity index (χ1v) is 9.87. The number of guanidine groups is 1. The van der Waals surface area contributed by atoms with Crippen molar-refractivity contribution in [2.24, 2.45) is 4.99 Å². The Balaban J connectivity index is 1.57. The summed E-state index contributed by atoms with van der Waals surface area (Å²) in [4.78, 5) is 4.32. The molecule has 3 rings (SSSR count). The van der Waals surface area contributed by atoms with E-state index in [9.17, 15) is 0 Å². The van der Waals surface area contributed by atoms with Gasteiger partial charge in [0.15, 0.2) is 11.6 Å². The van der Waals surface area contributed by atoms with E-state index in [0.29, 0.717) is 13.1 Å². The largest absolute Gasteiger partial charge is 0.488 e. The molecule has 0 fully saturated rings. The third-order valence-corrected chi connectivity index (χ3v) is 4.33. The minimum atomic E-state index is -0.247. The molecule has 0 spiro atoms. The Morgan fingerprint density at radius 3 is 2.72 bits per heavy atom. The van der Waals surface area contributed by atoms with Gasteiger partial charge in [0.05, 0.1) is 0 Å². The van der Waals surface area contributed by atoms with Crippen molar-refractivity contribution in [3.05, 3.63) is 59.5 Å². The number of benzene rings is 1.